The summed E-state index contributed by atoms with van der Waals surface area (Å²) >= 11 is 0. The van der Waals surface area contributed by atoms with Gasteiger partial charge in [0.15, 0.2) is 0 Å². The number of fused-ring (bicyclic) bond motifs is 5. The molecule has 4 rings (SSSR count). The van der Waals surface area contributed by atoms with Gasteiger partial charge in [-0.25, -0.2) is 0 Å². The van der Waals surface area contributed by atoms with Gasteiger partial charge in [0, 0.05) is 24.8 Å². The molecule has 3 fully saturated rings. The summed E-state index contributed by atoms with van der Waals surface area (Å²) in [7, 11) is 0. The zero-order valence-corrected chi connectivity index (χ0v) is 14.1. The van der Waals surface area contributed by atoms with E-state index < -0.39 is 0 Å². The van der Waals surface area contributed by atoms with Crippen LogP contribution in [-0.4, -0.2) is 22.1 Å². The van der Waals surface area contributed by atoms with E-state index in [0.717, 1.165) is 23.7 Å². The molecule has 5 heteroatoms. The topological polar surface area (TPSA) is 68.0 Å². The number of hydrogen-bond acceptors (Lipinski definition) is 4. The van der Waals surface area contributed by atoms with Crippen LogP contribution in [0.15, 0.2) is 4.42 Å². The summed E-state index contributed by atoms with van der Waals surface area (Å²) in [5.74, 6) is 5.09. The van der Waals surface area contributed by atoms with Gasteiger partial charge in [-0.15, -0.1) is 10.2 Å². The number of hydrogen-bond donors (Lipinski definition) is 1. The molecule has 1 N–H and O–H groups in total. The Labute approximate surface area is 137 Å². The summed E-state index contributed by atoms with van der Waals surface area (Å²) in [6.45, 7) is 4.05. The third kappa shape index (κ3) is 2.79. The van der Waals surface area contributed by atoms with E-state index in [-0.39, 0.29) is 11.8 Å². The molecule has 0 aliphatic heterocycles. The molecular weight excluding hydrogens is 290 g/mol. The van der Waals surface area contributed by atoms with Crippen molar-refractivity contribution >= 4 is 5.91 Å². The lowest BCUT2D eigenvalue weighted by molar-refractivity contribution is -0.122. The zero-order chi connectivity index (χ0) is 16.0. The van der Waals surface area contributed by atoms with E-state index in [2.05, 4.69) is 15.5 Å². The van der Waals surface area contributed by atoms with Crippen molar-refractivity contribution in [3.63, 3.8) is 0 Å². The van der Waals surface area contributed by atoms with Gasteiger partial charge >= 0.3 is 0 Å². The number of nitrogens with zero attached hydrogens (tertiary/aromatic N) is 2. The van der Waals surface area contributed by atoms with Gasteiger partial charge in [-0.2, -0.15) is 0 Å². The third-order valence-electron chi connectivity index (χ3n) is 6.32. The van der Waals surface area contributed by atoms with Gasteiger partial charge in [0.2, 0.25) is 17.7 Å². The normalized spacial score (nSPS) is 35.0. The quantitative estimate of drug-likeness (QED) is 0.906. The van der Waals surface area contributed by atoms with Crippen LogP contribution in [-0.2, 0) is 11.2 Å². The standard InChI is InChI=1S/C18H27N3O2/c1-10(2)18-21-20-17(23-18)7-6-16(22)19-15-9-11-8-14(15)13-5-3-4-12(11)13/h10-15H,3-9H2,1-2H3,(H,19,22). The Balaban J connectivity index is 1.27. The van der Waals surface area contributed by atoms with Crippen LogP contribution in [0.25, 0.3) is 0 Å². The first-order valence-electron chi connectivity index (χ1n) is 9.23. The lowest BCUT2D eigenvalue weighted by Crippen LogP contribution is -2.42. The largest absolute Gasteiger partial charge is 0.425 e. The Bertz CT molecular complexity index is 583. The Hall–Kier alpha value is -1.39. The van der Waals surface area contributed by atoms with Gasteiger partial charge in [0.25, 0.3) is 0 Å². The van der Waals surface area contributed by atoms with Crippen molar-refractivity contribution in [2.45, 2.75) is 70.8 Å². The van der Waals surface area contributed by atoms with Gasteiger partial charge in [0.1, 0.15) is 0 Å². The summed E-state index contributed by atoms with van der Waals surface area (Å²) in [4.78, 5) is 12.3. The second kappa shape index (κ2) is 5.91. The lowest BCUT2D eigenvalue weighted by atomic mass is 9.79. The fourth-order valence-corrected chi connectivity index (χ4v) is 5.33. The lowest BCUT2D eigenvalue weighted by Gasteiger charge is -2.32. The molecule has 126 valence electrons. The minimum absolute atomic E-state index is 0.140. The maximum Gasteiger partial charge on any atom is 0.220 e. The van der Waals surface area contributed by atoms with Crippen molar-refractivity contribution in [3.8, 4) is 0 Å². The van der Waals surface area contributed by atoms with E-state index >= 15 is 0 Å². The van der Waals surface area contributed by atoms with Crippen LogP contribution in [0.4, 0.5) is 0 Å². The second-order valence-corrected chi connectivity index (χ2v) is 8.02. The molecule has 5 atom stereocenters. The Morgan fingerprint density at radius 3 is 2.83 bits per heavy atom. The smallest absolute Gasteiger partial charge is 0.220 e. The molecular formula is C18H27N3O2. The predicted octanol–water partition coefficient (Wildman–Crippen LogP) is 3.07. The molecule has 1 aromatic rings. The monoisotopic (exact) mass is 317 g/mol. The highest BCUT2D eigenvalue weighted by Crippen LogP contribution is 2.58. The third-order valence-corrected chi connectivity index (χ3v) is 6.32. The first kappa shape index (κ1) is 15.2. The highest BCUT2D eigenvalue weighted by atomic mass is 16.4. The van der Waals surface area contributed by atoms with Gasteiger partial charge in [-0.3, -0.25) is 4.79 Å². The van der Waals surface area contributed by atoms with Crippen LogP contribution in [0, 0.1) is 23.7 Å². The summed E-state index contributed by atoms with van der Waals surface area (Å²) < 4.78 is 5.57. The molecule has 3 aliphatic rings. The molecule has 0 aromatic carbocycles. The zero-order valence-electron chi connectivity index (χ0n) is 14.1. The van der Waals surface area contributed by atoms with Crippen LogP contribution in [0.2, 0.25) is 0 Å². The average molecular weight is 317 g/mol. The van der Waals surface area contributed by atoms with Crippen LogP contribution in [0.1, 0.15) is 70.1 Å². The predicted molar refractivity (Wildman–Crippen MR) is 85.7 cm³/mol. The highest BCUT2D eigenvalue weighted by Gasteiger charge is 2.53. The number of amides is 1. The molecule has 0 radical (unpaired) electrons. The van der Waals surface area contributed by atoms with E-state index in [1.54, 1.807) is 0 Å². The molecule has 3 aliphatic carbocycles. The van der Waals surface area contributed by atoms with Crippen molar-refractivity contribution in [3.05, 3.63) is 11.8 Å². The maximum atomic E-state index is 12.3. The van der Waals surface area contributed by atoms with Crippen LogP contribution in [0.3, 0.4) is 0 Å². The van der Waals surface area contributed by atoms with Crippen LogP contribution in [0.5, 0.6) is 0 Å². The van der Waals surface area contributed by atoms with E-state index in [1.807, 2.05) is 13.8 Å². The summed E-state index contributed by atoms with van der Waals surface area (Å²) in [6, 6.07) is 0.417. The average Bonchev–Trinajstić information content (AvgIpc) is 3.25. The number of carbonyl (C=O) groups excluding carboxylic acids is 1. The van der Waals surface area contributed by atoms with E-state index in [1.165, 1.54) is 32.1 Å². The molecule has 3 saturated carbocycles. The summed E-state index contributed by atoms with van der Waals surface area (Å²) in [5.41, 5.74) is 0. The van der Waals surface area contributed by atoms with Crippen molar-refractivity contribution in [1.82, 2.24) is 15.5 Å². The maximum absolute atomic E-state index is 12.3. The number of nitrogens with one attached hydrogen (secondary N) is 1. The van der Waals surface area contributed by atoms with Crippen molar-refractivity contribution in [2.75, 3.05) is 0 Å². The first-order chi connectivity index (χ1) is 11.1. The van der Waals surface area contributed by atoms with Gasteiger partial charge in [-0.1, -0.05) is 20.3 Å². The first-order valence-corrected chi connectivity index (χ1v) is 9.23. The van der Waals surface area contributed by atoms with Crippen molar-refractivity contribution in [1.29, 1.82) is 0 Å². The van der Waals surface area contributed by atoms with Gasteiger partial charge < -0.3 is 9.73 Å². The summed E-state index contributed by atoms with van der Waals surface area (Å²) in [6.07, 6.45) is 7.76. The fraction of sp³-hybridized carbons (Fsp3) is 0.833. The Morgan fingerprint density at radius 2 is 2.04 bits per heavy atom. The number of aromatic nitrogens is 2. The number of carbonyl (C=O) groups is 1. The van der Waals surface area contributed by atoms with Crippen molar-refractivity contribution in [2.24, 2.45) is 23.7 Å². The minimum Gasteiger partial charge on any atom is -0.425 e. The molecule has 23 heavy (non-hydrogen) atoms. The van der Waals surface area contributed by atoms with E-state index in [0.29, 0.717) is 30.7 Å². The molecule has 5 unspecified atom stereocenters. The molecule has 1 amide bonds. The fourth-order valence-electron chi connectivity index (χ4n) is 5.33. The summed E-state index contributed by atoms with van der Waals surface area (Å²) in [5, 5.41) is 11.3. The number of rotatable bonds is 5. The van der Waals surface area contributed by atoms with E-state index in [9.17, 15) is 4.79 Å². The SMILES string of the molecule is CC(C)c1nnc(CCC(=O)NC2CC3CC2C2CCCC32)o1. The Kier molecular flexibility index (Phi) is 3.90. The van der Waals surface area contributed by atoms with Gasteiger partial charge in [-0.05, 0) is 49.4 Å². The van der Waals surface area contributed by atoms with Crippen LogP contribution >= 0.6 is 0 Å². The Morgan fingerprint density at radius 1 is 1.22 bits per heavy atom. The van der Waals surface area contributed by atoms with Crippen molar-refractivity contribution < 1.29 is 9.21 Å². The molecule has 0 spiro atoms. The molecule has 2 bridgehead atoms. The molecule has 0 saturated heterocycles. The number of aryl methyl sites for hydroxylation is 1. The molecule has 5 nitrogen and oxygen atoms in total. The molecule has 1 aromatic heterocycles. The van der Waals surface area contributed by atoms with E-state index in [4.69, 9.17) is 4.42 Å². The second-order valence-electron chi connectivity index (χ2n) is 8.02. The van der Waals surface area contributed by atoms with Crippen LogP contribution < -0.4 is 5.32 Å². The highest BCUT2D eigenvalue weighted by molar-refractivity contribution is 5.76. The van der Waals surface area contributed by atoms with Gasteiger partial charge in [0.05, 0.1) is 0 Å². The molecule has 1 heterocycles. The minimum atomic E-state index is 0.140.